The van der Waals surface area contributed by atoms with E-state index < -0.39 is 41.4 Å². The summed E-state index contributed by atoms with van der Waals surface area (Å²) in [6.45, 7) is 7.01. The highest BCUT2D eigenvalue weighted by atomic mass is 16.4. The quantitative estimate of drug-likeness (QED) is 0.390. The number of benzene rings is 1. The van der Waals surface area contributed by atoms with Crippen LogP contribution in [-0.4, -0.2) is 45.9 Å². The fourth-order valence-electron chi connectivity index (χ4n) is 2.55. The summed E-state index contributed by atoms with van der Waals surface area (Å²) in [5.74, 6) is -3.27. The van der Waals surface area contributed by atoms with Gasteiger partial charge >= 0.3 is 5.97 Å². The molecule has 0 unspecified atom stereocenters. The maximum atomic E-state index is 12.8. The second-order valence-corrected chi connectivity index (χ2v) is 7.41. The van der Waals surface area contributed by atoms with Crippen LogP contribution in [0.1, 0.15) is 54.0 Å². The number of carbonyl (C=O) groups is 3. The molecule has 0 fully saturated rings. The van der Waals surface area contributed by atoms with Crippen LogP contribution in [0.15, 0.2) is 12.1 Å². The first-order chi connectivity index (χ1) is 12.4. The van der Waals surface area contributed by atoms with E-state index in [9.17, 15) is 19.5 Å². The number of phenols is 1. The first kappa shape index (κ1) is 22.8. The number of aromatic hydroxyl groups is 1. The van der Waals surface area contributed by atoms with Crippen molar-refractivity contribution >= 4 is 17.5 Å². The third kappa shape index (κ3) is 5.12. The number of hydrogen-bond donors (Lipinski definition) is 5. The van der Waals surface area contributed by atoms with Crippen molar-refractivity contribution in [2.75, 3.05) is 0 Å². The van der Waals surface area contributed by atoms with Crippen LogP contribution in [0.5, 0.6) is 5.75 Å². The van der Waals surface area contributed by atoms with Gasteiger partial charge in [0.1, 0.15) is 11.8 Å². The largest absolute Gasteiger partial charge is 0.506 e. The minimum atomic E-state index is -1.27. The Bertz CT molecular complexity index is 730. The molecule has 0 aromatic heterocycles. The highest BCUT2D eigenvalue weighted by Gasteiger charge is 2.30. The maximum Gasteiger partial charge on any atom is 0.320 e. The van der Waals surface area contributed by atoms with Gasteiger partial charge in [0, 0.05) is 0 Å². The van der Waals surface area contributed by atoms with Gasteiger partial charge in [-0.3, -0.25) is 14.4 Å². The van der Waals surface area contributed by atoms with Crippen molar-refractivity contribution in [3.63, 3.8) is 0 Å². The molecule has 8 heteroatoms. The van der Waals surface area contributed by atoms with Crippen LogP contribution in [0.25, 0.3) is 0 Å². The van der Waals surface area contributed by atoms with E-state index in [1.165, 1.54) is 12.1 Å². The minimum absolute atomic E-state index is 0.0943. The van der Waals surface area contributed by atoms with Crippen LogP contribution < -0.4 is 17.2 Å². The lowest BCUT2D eigenvalue weighted by Gasteiger charge is -2.21. The Morgan fingerprint density at radius 3 is 1.85 bits per heavy atom. The summed E-state index contributed by atoms with van der Waals surface area (Å²) in [6.07, 6.45) is -0.195. The molecule has 0 bridgehead atoms. The Morgan fingerprint density at radius 2 is 1.41 bits per heavy atom. The summed E-state index contributed by atoms with van der Waals surface area (Å²) in [5.41, 5.74) is 17.4. The Hall–Kier alpha value is -2.29. The zero-order valence-electron chi connectivity index (χ0n) is 16.1. The molecule has 0 aliphatic rings. The molecule has 0 saturated carbocycles. The number of hydrogen-bond acceptors (Lipinski definition) is 7. The van der Waals surface area contributed by atoms with Crippen molar-refractivity contribution in [3.05, 3.63) is 28.8 Å². The van der Waals surface area contributed by atoms with Gasteiger partial charge in [-0.25, -0.2) is 0 Å². The van der Waals surface area contributed by atoms with E-state index in [1.807, 2.05) is 0 Å². The number of carboxylic acid groups (broad SMARTS) is 1. The van der Waals surface area contributed by atoms with Crippen molar-refractivity contribution in [1.82, 2.24) is 0 Å². The molecule has 0 radical (unpaired) electrons. The highest BCUT2D eigenvalue weighted by Crippen LogP contribution is 2.30. The number of rotatable bonds is 9. The second kappa shape index (κ2) is 9.07. The Kier molecular flexibility index (Phi) is 7.65. The predicted molar refractivity (Wildman–Crippen MR) is 102 cm³/mol. The molecule has 8 N–H and O–H groups in total. The summed E-state index contributed by atoms with van der Waals surface area (Å²) < 4.78 is 0. The second-order valence-electron chi connectivity index (χ2n) is 7.41. The molecule has 1 aromatic carbocycles. The minimum Gasteiger partial charge on any atom is -0.506 e. The van der Waals surface area contributed by atoms with Crippen molar-refractivity contribution in [2.24, 2.45) is 29.0 Å². The summed E-state index contributed by atoms with van der Waals surface area (Å²) in [7, 11) is 0. The molecule has 150 valence electrons. The lowest BCUT2D eigenvalue weighted by molar-refractivity contribution is -0.138. The topological polar surface area (TPSA) is 170 Å². The van der Waals surface area contributed by atoms with Crippen LogP contribution in [0.4, 0.5) is 0 Å². The van der Waals surface area contributed by atoms with E-state index in [-0.39, 0.29) is 34.9 Å². The summed E-state index contributed by atoms with van der Waals surface area (Å²) in [6, 6.07) is -0.305. The lowest BCUT2D eigenvalue weighted by atomic mass is 9.86. The molecule has 0 spiro atoms. The Morgan fingerprint density at radius 1 is 0.926 bits per heavy atom. The molecule has 0 saturated heterocycles. The zero-order valence-corrected chi connectivity index (χ0v) is 16.1. The van der Waals surface area contributed by atoms with Crippen LogP contribution >= 0.6 is 0 Å². The average molecular weight is 379 g/mol. The number of nitrogens with two attached hydrogens (primary N) is 3. The first-order valence-corrected chi connectivity index (χ1v) is 8.82. The molecule has 3 atom stereocenters. The van der Waals surface area contributed by atoms with Crippen LogP contribution in [0.3, 0.4) is 0 Å². The predicted octanol–water partition coefficient (Wildman–Crippen LogP) is 0.679. The number of phenolic OH excluding ortho intramolecular Hbond substituents is 1. The van der Waals surface area contributed by atoms with Gasteiger partial charge in [0.15, 0.2) is 11.6 Å². The van der Waals surface area contributed by atoms with Gasteiger partial charge in [0.25, 0.3) is 0 Å². The smallest absolute Gasteiger partial charge is 0.320 e. The van der Waals surface area contributed by atoms with Crippen LogP contribution in [0, 0.1) is 11.8 Å². The van der Waals surface area contributed by atoms with E-state index in [1.54, 1.807) is 27.7 Å². The monoisotopic (exact) mass is 379 g/mol. The van der Waals surface area contributed by atoms with Crippen molar-refractivity contribution in [3.8, 4) is 5.75 Å². The number of ketones is 2. The number of carbonyl (C=O) groups excluding carboxylic acids is 2. The van der Waals surface area contributed by atoms with E-state index in [0.717, 1.165) is 0 Å². The van der Waals surface area contributed by atoms with Crippen molar-refractivity contribution in [1.29, 1.82) is 0 Å². The molecular formula is C19H29N3O5. The number of carboxylic acids is 1. The summed E-state index contributed by atoms with van der Waals surface area (Å²) >= 11 is 0. The van der Waals surface area contributed by atoms with Crippen LogP contribution in [0.2, 0.25) is 0 Å². The number of Topliss-reactive ketones (excluding diaryl/α,β-unsaturated/α-hetero) is 2. The maximum absolute atomic E-state index is 12.8. The lowest BCUT2D eigenvalue weighted by Crippen LogP contribution is -2.38. The number of aliphatic carboxylic acids is 1. The first-order valence-electron chi connectivity index (χ1n) is 8.82. The fourth-order valence-corrected chi connectivity index (χ4v) is 2.55. The SMILES string of the molecule is CC(C)[C@H](N)C(=O)c1ccc(C[C@H](N)C(=O)O)c(C(=O)[C@@H](N)C(C)C)c1O. The molecule has 0 aliphatic carbocycles. The highest BCUT2D eigenvalue weighted by molar-refractivity contribution is 6.09. The third-order valence-corrected chi connectivity index (χ3v) is 4.58. The molecule has 0 amide bonds. The van der Waals surface area contributed by atoms with E-state index in [0.29, 0.717) is 0 Å². The molecule has 0 aliphatic heterocycles. The van der Waals surface area contributed by atoms with Gasteiger partial charge in [-0.05, 0) is 29.9 Å². The molecular weight excluding hydrogens is 350 g/mol. The van der Waals surface area contributed by atoms with E-state index in [2.05, 4.69) is 0 Å². The van der Waals surface area contributed by atoms with Gasteiger partial charge < -0.3 is 27.4 Å². The van der Waals surface area contributed by atoms with Crippen molar-refractivity contribution in [2.45, 2.75) is 52.2 Å². The summed E-state index contributed by atoms with van der Waals surface area (Å²) in [5, 5.41) is 19.7. The molecule has 1 rings (SSSR count). The fraction of sp³-hybridized carbons (Fsp3) is 0.526. The van der Waals surface area contributed by atoms with E-state index in [4.69, 9.17) is 22.3 Å². The molecule has 8 nitrogen and oxygen atoms in total. The zero-order chi connectivity index (χ0) is 21.0. The van der Waals surface area contributed by atoms with Gasteiger partial charge in [0.2, 0.25) is 0 Å². The standard InChI is InChI=1S/C19H29N3O5/c1-8(2)14(21)17(24)11-6-5-10(7-12(20)19(26)27)13(16(11)23)18(25)15(22)9(3)4/h5-6,8-9,12,14-15,23H,7,20-22H2,1-4H3,(H,26,27)/t12-,14-,15-/m0/s1. The van der Waals surface area contributed by atoms with Gasteiger partial charge in [-0.15, -0.1) is 0 Å². The normalized spacial score (nSPS) is 14.9. The molecule has 0 heterocycles. The Balaban J connectivity index is 3.54. The molecule has 1 aromatic rings. The van der Waals surface area contributed by atoms with Gasteiger partial charge in [0.05, 0.1) is 23.2 Å². The summed E-state index contributed by atoms with van der Waals surface area (Å²) in [4.78, 5) is 36.5. The van der Waals surface area contributed by atoms with Gasteiger partial charge in [-0.2, -0.15) is 0 Å². The third-order valence-electron chi connectivity index (χ3n) is 4.58. The Labute approximate surface area is 158 Å². The van der Waals surface area contributed by atoms with Gasteiger partial charge in [-0.1, -0.05) is 33.8 Å². The van der Waals surface area contributed by atoms with Crippen molar-refractivity contribution < 1.29 is 24.6 Å². The molecule has 27 heavy (non-hydrogen) atoms. The van der Waals surface area contributed by atoms with Crippen LogP contribution in [-0.2, 0) is 11.2 Å². The van der Waals surface area contributed by atoms with E-state index >= 15 is 0 Å². The average Bonchev–Trinajstić information content (AvgIpc) is 2.59.